The lowest BCUT2D eigenvalue weighted by atomic mass is 9.85. The van der Waals surface area contributed by atoms with Crippen LogP contribution in [0, 0.1) is 0 Å². The smallest absolute Gasteiger partial charge is 0.355 e. The third kappa shape index (κ3) is 2.60. The quantitative estimate of drug-likeness (QED) is 0.470. The van der Waals surface area contributed by atoms with Crippen molar-refractivity contribution < 1.29 is 23.8 Å². The third-order valence-electron chi connectivity index (χ3n) is 6.02. The molecule has 2 aromatic heterocycles. The van der Waals surface area contributed by atoms with Crippen molar-refractivity contribution in [1.82, 2.24) is 9.55 Å². The fourth-order valence-corrected chi connectivity index (χ4v) is 4.56. The molecule has 0 fully saturated rings. The summed E-state index contributed by atoms with van der Waals surface area (Å²) in [6, 6.07) is 9.32. The molecule has 1 aromatic carbocycles. The lowest BCUT2D eigenvalue weighted by Crippen LogP contribution is -2.47. The van der Waals surface area contributed by atoms with Crippen molar-refractivity contribution in [2.75, 3.05) is 7.11 Å². The van der Waals surface area contributed by atoms with Gasteiger partial charge in [0.25, 0.3) is 5.56 Å². The van der Waals surface area contributed by atoms with Crippen LogP contribution in [0.2, 0.25) is 0 Å². The molecule has 0 aliphatic carbocycles. The van der Waals surface area contributed by atoms with Gasteiger partial charge in [-0.3, -0.25) is 9.59 Å². The van der Waals surface area contributed by atoms with E-state index in [1.165, 1.54) is 6.92 Å². The van der Waals surface area contributed by atoms with Crippen LogP contribution in [0.4, 0.5) is 0 Å². The van der Waals surface area contributed by atoms with Crippen molar-refractivity contribution in [2.45, 2.75) is 39.0 Å². The molecule has 8 heteroatoms. The normalized spacial score (nSPS) is 18.7. The molecule has 8 nitrogen and oxygen atoms in total. The zero-order chi connectivity index (χ0) is 21.9. The molecule has 0 spiro atoms. The van der Waals surface area contributed by atoms with Gasteiger partial charge in [-0.25, -0.2) is 9.78 Å². The molecular weight excluding hydrogens is 400 g/mol. The van der Waals surface area contributed by atoms with E-state index in [-0.39, 0.29) is 18.6 Å². The molecule has 3 aromatic rings. The van der Waals surface area contributed by atoms with E-state index in [2.05, 4.69) is 0 Å². The first kappa shape index (κ1) is 19.3. The number of rotatable bonds is 3. The van der Waals surface area contributed by atoms with E-state index in [1.54, 1.807) is 24.7 Å². The van der Waals surface area contributed by atoms with Gasteiger partial charge in [-0.05, 0) is 30.7 Å². The SMILES string of the molecule is CC[C@@]1(OC(C)=O)C(=O)OCc2c1cc1n(c2=O)Cc2cc3c(OC)cccc3nc2-1. The average molecular weight is 420 g/mol. The van der Waals surface area contributed by atoms with Gasteiger partial charge in [-0.1, -0.05) is 13.0 Å². The van der Waals surface area contributed by atoms with Crippen LogP contribution in [0.3, 0.4) is 0 Å². The van der Waals surface area contributed by atoms with E-state index >= 15 is 0 Å². The summed E-state index contributed by atoms with van der Waals surface area (Å²) >= 11 is 0. The molecular formula is C23H20N2O6. The standard InChI is InChI=1S/C23H20N2O6/c1-4-23(31-12(2)26)16-9-18-20-13(8-14-17(24-20)6-5-7-19(14)29-3)10-25(18)21(27)15(16)11-30-22(23)28/h5-9H,4,10-11H2,1-3H3/t23-/m0/s1. The number of benzene rings is 1. The van der Waals surface area contributed by atoms with E-state index in [0.717, 1.165) is 16.5 Å². The summed E-state index contributed by atoms with van der Waals surface area (Å²) < 4.78 is 17.8. The first-order chi connectivity index (χ1) is 14.9. The highest BCUT2D eigenvalue weighted by atomic mass is 16.6. The molecule has 5 rings (SSSR count). The van der Waals surface area contributed by atoms with Crippen LogP contribution >= 0.6 is 0 Å². The van der Waals surface area contributed by atoms with Crippen LogP contribution in [-0.2, 0) is 37.8 Å². The second-order valence-corrected chi connectivity index (χ2v) is 7.69. The van der Waals surface area contributed by atoms with Crippen molar-refractivity contribution in [2.24, 2.45) is 0 Å². The summed E-state index contributed by atoms with van der Waals surface area (Å²) in [6.45, 7) is 3.14. The van der Waals surface area contributed by atoms with Crippen molar-refractivity contribution in [3.63, 3.8) is 0 Å². The number of methoxy groups -OCH3 is 1. The fourth-order valence-electron chi connectivity index (χ4n) is 4.56. The minimum absolute atomic E-state index is 0.149. The van der Waals surface area contributed by atoms with Crippen LogP contribution < -0.4 is 10.3 Å². The van der Waals surface area contributed by atoms with Crippen molar-refractivity contribution in [3.05, 3.63) is 57.4 Å². The minimum atomic E-state index is -1.64. The van der Waals surface area contributed by atoms with E-state index < -0.39 is 17.5 Å². The number of nitrogens with zero attached hydrogens (tertiary/aromatic N) is 2. The molecule has 0 radical (unpaired) electrons. The van der Waals surface area contributed by atoms with Gasteiger partial charge in [-0.2, -0.15) is 0 Å². The monoisotopic (exact) mass is 420 g/mol. The van der Waals surface area contributed by atoms with Crippen LogP contribution in [-0.4, -0.2) is 28.6 Å². The Bertz CT molecular complexity index is 1340. The van der Waals surface area contributed by atoms with Crippen LogP contribution in [0.5, 0.6) is 5.75 Å². The highest BCUT2D eigenvalue weighted by molar-refractivity contribution is 5.90. The minimum Gasteiger partial charge on any atom is -0.496 e. The molecule has 4 heterocycles. The largest absolute Gasteiger partial charge is 0.496 e. The van der Waals surface area contributed by atoms with Gasteiger partial charge < -0.3 is 18.8 Å². The van der Waals surface area contributed by atoms with Gasteiger partial charge >= 0.3 is 11.9 Å². The Morgan fingerprint density at radius 1 is 1.29 bits per heavy atom. The highest BCUT2D eigenvalue weighted by Crippen LogP contribution is 2.41. The summed E-state index contributed by atoms with van der Waals surface area (Å²) in [6.07, 6.45) is 0.149. The first-order valence-electron chi connectivity index (χ1n) is 10.0. The number of carbonyl (C=O) groups excluding carboxylic acids is 2. The summed E-state index contributed by atoms with van der Waals surface area (Å²) in [4.78, 5) is 42.7. The Morgan fingerprint density at radius 2 is 2.10 bits per heavy atom. The Labute approximate surface area is 177 Å². The highest BCUT2D eigenvalue weighted by Gasteiger charge is 2.50. The maximum atomic E-state index is 13.4. The predicted octanol–water partition coefficient (Wildman–Crippen LogP) is 2.66. The molecule has 0 bridgehead atoms. The second-order valence-electron chi connectivity index (χ2n) is 7.69. The number of pyridine rings is 2. The van der Waals surface area contributed by atoms with E-state index in [4.69, 9.17) is 19.2 Å². The predicted molar refractivity (Wildman–Crippen MR) is 111 cm³/mol. The van der Waals surface area contributed by atoms with Gasteiger partial charge in [0, 0.05) is 23.4 Å². The Kier molecular flexibility index (Phi) is 4.15. The van der Waals surface area contributed by atoms with Gasteiger partial charge in [-0.15, -0.1) is 0 Å². The zero-order valence-electron chi connectivity index (χ0n) is 17.4. The number of cyclic esters (lactones) is 1. The molecule has 2 aliphatic heterocycles. The zero-order valence-corrected chi connectivity index (χ0v) is 17.4. The molecule has 1 atom stereocenters. The molecule has 0 N–H and O–H groups in total. The van der Waals surface area contributed by atoms with Crippen molar-refractivity contribution in [1.29, 1.82) is 0 Å². The molecule has 0 saturated heterocycles. The number of fused-ring (bicyclic) bond motifs is 5. The molecule has 0 amide bonds. The van der Waals surface area contributed by atoms with Gasteiger partial charge in [0.2, 0.25) is 5.60 Å². The summed E-state index contributed by atoms with van der Waals surface area (Å²) in [5.74, 6) is -0.588. The van der Waals surface area contributed by atoms with Crippen LogP contribution in [0.25, 0.3) is 22.3 Å². The lowest BCUT2D eigenvalue weighted by molar-refractivity contribution is -0.188. The van der Waals surface area contributed by atoms with Gasteiger partial charge in [0.15, 0.2) is 0 Å². The Hall–Kier alpha value is -3.68. The fraction of sp³-hybridized carbons (Fsp3) is 0.304. The number of aromatic nitrogens is 2. The number of carbonyl (C=O) groups is 2. The molecule has 0 unspecified atom stereocenters. The van der Waals surface area contributed by atoms with Crippen LogP contribution in [0.1, 0.15) is 37.0 Å². The second kappa shape index (κ2) is 6.66. The molecule has 2 aliphatic rings. The van der Waals surface area contributed by atoms with Gasteiger partial charge in [0.1, 0.15) is 12.4 Å². The topological polar surface area (TPSA) is 96.7 Å². The Morgan fingerprint density at radius 3 is 2.81 bits per heavy atom. The van der Waals surface area contributed by atoms with Crippen molar-refractivity contribution >= 4 is 22.8 Å². The summed E-state index contributed by atoms with van der Waals surface area (Å²) in [5, 5.41) is 0.857. The maximum absolute atomic E-state index is 13.4. The number of hydrogen-bond donors (Lipinski definition) is 0. The molecule has 158 valence electrons. The number of ether oxygens (including phenoxy) is 3. The average Bonchev–Trinajstić information content (AvgIpc) is 3.11. The van der Waals surface area contributed by atoms with Crippen LogP contribution in [0.15, 0.2) is 35.1 Å². The summed E-state index contributed by atoms with van der Waals surface area (Å²) in [7, 11) is 1.60. The number of esters is 2. The summed E-state index contributed by atoms with van der Waals surface area (Å²) in [5.41, 5.74) is 1.63. The number of hydrogen-bond acceptors (Lipinski definition) is 7. The van der Waals surface area contributed by atoms with E-state index in [0.29, 0.717) is 34.8 Å². The van der Waals surface area contributed by atoms with Gasteiger partial charge in [0.05, 0.1) is 36.1 Å². The van der Waals surface area contributed by atoms with E-state index in [1.807, 2.05) is 24.3 Å². The van der Waals surface area contributed by atoms with E-state index in [9.17, 15) is 14.4 Å². The molecule has 31 heavy (non-hydrogen) atoms. The maximum Gasteiger partial charge on any atom is 0.355 e. The third-order valence-corrected chi connectivity index (χ3v) is 6.02. The van der Waals surface area contributed by atoms with Crippen molar-refractivity contribution in [3.8, 4) is 17.1 Å². The first-order valence-corrected chi connectivity index (χ1v) is 10.0. The Balaban J connectivity index is 1.78. The lowest BCUT2D eigenvalue weighted by Gasteiger charge is -2.35. The molecule has 0 saturated carbocycles.